The van der Waals surface area contributed by atoms with Gasteiger partial charge in [-0.2, -0.15) is 0 Å². The number of hydrogen-bond acceptors (Lipinski definition) is 4. The van der Waals surface area contributed by atoms with Crippen LogP contribution in [0.2, 0.25) is 5.02 Å². The van der Waals surface area contributed by atoms with E-state index in [-0.39, 0.29) is 23.2 Å². The summed E-state index contributed by atoms with van der Waals surface area (Å²) < 4.78 is 5.23. The number of hydrogen-bond donors (Lipinski definition) is 0. The highest BCUT2D eigenvalue weighted by Crippen LogP contribution is 2.44. The van der Waals surface area contributed by atoms with Gasteiger partial charge in [0.2, 0.25) is 5.91 Å². The van der Waals surface area contributed by atoms with Crippen molar-refractivity contribution in [1.29, 1.82) is 0 Å². The highest BCUT2D eigenvalue weighted by Gasteiger charge is 2.45. The Hall–Kier alpha value is -1.20. The Labute approximate surface area is 158 Å². The number of thioether (sulfide) groups is 1. The third kappa shape index (κ3) is 4.14. The fourth-order valence-electron chi connectivity index (χ4n) is 3.67. The summed E-state index contributed by atoms with van der Waals surface area (Å²) in [5.74, 6) is 0.372. The van der Waals surface area contributed by atoms with Gasteiger partial charge in [-0.1, -0.05) is 43.0 Å². The molecule has 6 heteroatoms. The van der Waals surface area contributed by atoms with E-state index in [9.17, 15) is 9.59 Å². The lowest BCUT2D eigenvalue weighted by Gasteiger charge is -2.33. The van der Waals surface area contributed by atoms with E-state index in [2.05, 4.69) is 0 Å². The third-order valence-electron chi connectivity index (χ3n) is 4.90. The van der Waals surface area contributed by atoms with Crippen molar-refractivity contribution in [1.82, 2.24) is 4.90 Å². The number of carbonyl (C=O) groups is 2. The van der Waals surface area contributed by atoms with E-state index >= 15 is 0 Å². The van der Waals surface area contributed by atoms with Crippen molar-refractivity contribution in [3.8, 4) is 0 Å². The molecule has 4 nitrogen and oxygen atoms in total. The first-order valence-corrected chi connectivity index (χ1v) is 10.4. The second kappa shape index (κ2) is 8.45. The number of rotatable bonds is 4. The van der Waals surface area contributed by atoms with Gasteiger partial charge in [0.15, 0.2) is 0 Å². The highest BCUT2D eigenvalue weighted by molar-refractivity contribution is 7.99. The number of nitrogens with zero attached hydrogens (tertiary/aromatic N) is 1. The maximum Gasteiger partial charge on any atom is 0.329 e. The van der Waals surface area contributed by atoms with Gasteiger partial charge in [0.1, 0.15) is 11.4 Å². The molecule has 1 aliphatic heterocycles. The van der Waals surface area contributed by atoms with Crippen molar-refractivity contribution >= 4 is 35.2 Å². The topological polar surface area (TPSA) is 46.6 Å². The van der Waals surface area contributed by atoms with E-state index in [1.165, 1.54) is 6.42 Å². The van der Waals surface area contributed by atoms with Gasteiger partial charge in [-0.15, -0.1) is 11.8 Å². The number of benzene rings is 1. The molecular formula is C19H24ClNO3S. The van der Waals surface area contributed by atoms with Crippen molar-refractivity contribution in [2.24, 2.45) is 5.92 Å². The number of esters is 1. The molecule has 2 unspecified atom stereocenters. The van der Waals surface area contributed by atoms with Crippen molar-refractivity contribution in [2.75, 3.05) is 12.4 Å². The minimum atomic E-state index is -0.511. The fraction of sp³-hybridized carbons (Fsp3) is 0.579. The molecule has 0 spiro atoms. The van der Waals surface area contributed by atoms with E-state index < -0.39 is 6.04 Å². The second-order valence-electron chi connectivity index (χ2n) is 6.59. The van der Waals surface area contributed by atoms with Crippen molar-refractivity contribution < 1.29 is 14.3 Å². The van der Waals surface area contributed by atoms with Crippen LogP contribution in [-0.4, -0.2) is 35.2 Å². The van der Waals surface area contributed by atoms with Crippen LogP contribution in [0.15, 0.2) is 24.3 Å². The first-order valence-electron chi connectivity index (χ1n) is 8.97. The summed E-state index contributed by atoms with van der Waals surface area (Å²) in [5.41, 5.74) is 0.966. The molecule has 0 N–H and O–H groups in total. The monoisotopic (exact) mass is 381 g/mol. The van der Waals surface area contributed by atoms with Gasteiger partial charge in [-0.3, -0.25) is 4.79 Å². The van der Waals surface area contributed by atoms with Crippen LogP contribution in [0.4, 0.5) is 0 Å². The molecule has 1 heterocycles. The third-order valence-corrected chi connectivity index (χ3v) is 6.46. The van der Waals surface area contributed by atoms with E-state index in [1.807, 2.05) is 24.3 Å². The molecule has 1 aromatic rings. The minimum absolute atomic E-state index is 0.0195. The first kappa shape index (κ1) is 18.6. The van der Waals surface area contributed by atoms with Gasteiger partial charge in [-0.25, -0.2) is 4.79 Å². The van der Waals surface area contributed by atoms with E-state index in [0.717, 1.165) is 31.2 Å². The van der Waals surface area contributed by atoms with Crippen LogP contribution in [-0.2, 0) is 14.3 Å². The number of ether oxygens (including phenoxy) is 1. The number of halogens is 1. The van der Waals surface area contributed by atoms with Crippen molar-refractivity contribution in [3.63, 3.8) is 0 Å². The van der Waals surface area contributed by atoms with E-state index in [4.69, 9.17) is 16.3 Å². The van der Waals surface area contributed by atoms with Crippen LogP contribution in [0.3, 0.4) is 0 Å². The molecule has 0 radical (unpaired) electrons. The maximum atomic E-state index is 13.3. The lowest BCUT2D eigenvalue weighted by atomic mass is 9.88. The molecule has 2 aliphatic rings. The number of carbonyl (C=O) groups excluding carboxylic acids is 2. The predicted octanol–water partition coefficient (Wildman–Crippen LogP) is 4.43. The average molecular weight is 382 g/mol. The van der Waals surface area contributed by atoms with Crippen LogP contribution in [0.1, 0.15) is 50.0 Å². The Morgan fingerprint density at radius 1 is 1.28 bits per heavy atom. The van der Waals surface area contributed by atoms with Crippen LogP contribution in [0.25, 0.3) is 0 Å². The Bertz CT molecular complexity index is 633. The summed E-state index contributed by atoms with van der Waals surface area (Å²) in [6, 6.07) is 7.05. The zero-order chi connectivity index (χ0) is 17.8. The Morgan fingerprint density at radius 3 is 2.72 bits per heavy atom. The molecule has 1 saturated heterocycles. The smallest absolute Gasteiger partial charge is 0.329 e. The maximum absolute atomic E-state index is 13.3. The van der Waals surface area contributed by atoms with E-state index in [1.54, 1.807) is 23.6 Å². The standard InChI is InChI=1S/C19H24ClNO3S/c1-2-24-19(23)16-12-25-18(14-9-6-10-15(20)11-14)21(16)17(22)13-7-4-3-5-8-13/h6,9-11,13,16,18H,2-5,7-8,12H2,1H3. The average Bonchev–Trinajstić information content (AvgIpc) is 3.07. The molecular weight excluding hydrogens is 358 g/mol. The Morgan fingerprint density at radius 2 is 2.04 bits per heavy atom. The van der Waals surface area contributed by atoms with Gasteiger partial charge in [-0.05, 0) is 37.5 Å². The lowest BCUT2D eigenvalue weighted by Crippen LogP contribution is -2.46. The largest absolute Gasteiger partial charge is 0.464 e. The summed E-state index contributed by atoms with van der Waals surface area (Å²) in [7, 11) is 0. The van der Waals surface area contributed by atoms with Gasteiger partial charge >= 0.3 is 5.97 Å². The molecule has 25 heavy (non-hydrogen) atoms. The Kier molecular flexibility index (Phi) is 6.29. The molecule has 2 fully saturated rings. The van der Waals surface area contributed by atoms with Gasteiger partial charge in [0, 0.05) is 16.7 Å². The number of amides is 1. The van der Waals surface area contributed by atoms with Crippen molar-refractivity contribution in [2.45, 2.75) is 50.4 Å². The van der Waals surface area contributed by atoms with Crippen LogP contribution >= 0.6 is 23.4 Å². The van der Waals surface area contributed by atoms with E-state index in [0.29, 0.717) is 17.4 Å². The van der Waals surface area contributed by atoms with Crippen LogP contribution < -0.4 is 0 Å². The quantitative estimate of drug-likeness (QED) is 0.724. The zero-order valence-corrected chi connectivity index (χ0v) is 16.0. The Balaban J connectivity index is 1.88. The molecule has 1 aromatic carbocycles. The molecule has 136 valence electrons. The van der Waals surface area contributed by atoms with Crippen LogP contribution in [0.5, 0.6) is 0 Å². The van der Waals surface area contributed by atoms with Gasteiger partial charge in [0.05, 0.1) is 6.61 Å². The normalized spacial score (nSPS) is 24.3. The molecule has 2 atom stereocenters. The molecule has 3 rings (SSSR count). The molecule has 1 aliphatic carbocycles. The molecule has 0 aromatic heterocycles. The predicted molar refractivity (Wildman–Crippen MR) is 100 cm³/mol. The molecule has 0 bridgehead atoms. The molecule has 1 amide bonds. The summed E-state index contributed by atoms with van der Waals surface area (Å²) in [4.78, 5) is 27.5. The zero-order valence-electron chi connectivity index (χ0n) is 14.4. The molecule has 1 saturated carbocycles. The summed E-state index contributed by atoms with van der Waals surface area (Å²) in [5, 5.41) is 0.463. The van der Waals surface area contributed by atoms with Gasteiger partial charge in [0.25, 0.3) is 0 Å². The van der Waals surface area contributed by atoms with Crippen molar-refractivity contribution in [3.05, 3.63) is 34.9 Å². The van der Waals surface area contributed by atoms with Gasteiger partial charge < -0.3 is 9.64 Å². The van der Waals surface area contributed by atoms with Crippen LogP contribution in [0, 0.1) is 5.92 Å². The highest BCUT2D eigenvalue weighted by atomic mass is 35.5. The minimum Gasteiger partial charge on any atom is -0.464 e. The summed E-state index contributed by atoms with van der Waals surface area (Å²) >= 11 is 7.76. The summed E-state index contributed by atoms with van der Waals surface area (Å²) in [6.45, 7) is 2.12. The summed E-state index contributed by atoms with van der Waals surface area (Å²) in [6.07, 6.45) is 5.19. The SMILES string of the molecule is CCOC(=O)C1CSC(c2cccc(Cl)c2)N1C(=O)C1CCCCC1. The fourth-order valence-corrected chi connectivity index (χ4v) is 5.28. The lowest BCUT2D eigenvalue weighted by molar-refractivity contribution is -0.155. The second-order valence-corrected chi connectivity index (χ2v) is 8.14. The first-order chi connectivity index (χ1) is 12.1.